The van der Waals surface area contributed by atoms with Gasteiger partial charge in [0.2, 0.25) is 5.91 Å². The largest absolute Gasteiger partial charge is 0.438 e. The van der Waals surface area contributed by atoms with Crippen molar-refractivity contribution < 1.29 is 14.3 Å². The summed E-state index contributed by atoms with van der Waals surface area (Å²) in [7, 11) is 0. The summed E-state index contributed by atoms with van der Waals surface area (Å²) in [6.45, 7) is 2.53. The van der Waals surface area contributed by atoms with Crippen LogP contribution in [0.25, 0.3) is 11.1 Å². The maximum Gasteiger partial charge on any atom is 0.411 e. The minimum absolute atomic E-state index is 0.143. The van der Waals surface area contributed by atoms with E-state index in [9.17, 15) is 9.59 Å². The number of amides is 2. The van der Waals surface area contributed by atoms with Gasteiger partial charge in [-0.3, -0.25) is 9.78 Å². The number of benzene rings is 2. The third kappa shape index (κ3) is 4.49. The van der Waals surface area contributed by atoms with E-state index in [2.05, 4.69) is 4.98 Å². The second-order valence-corrected chi connectivity index (χ2v) is 8.18. The zero-order valence-electron chi connectivity index (χ0n) is 18.1. The van der Waals surface area contributed by atoms with Gasteiger partial charge < -0.3 is 15.4 Å². The lowest BCUT2D eigenvalue weighted by atomic mass is 9.84. The summed E-state index contributed by atoms with van der Waals surface area (Å²) in [6.07, 6.45) is 4.33. The Balaban J connectivity index is 1.51. The molecule has 0 bridgehead atoms. The van der Waals surface area contributed by atoms with Crippen LogP contribution < -0.4 is 5.73 Å². The van der Waals surface area contributed by atoms with E-state index in [1.165, 1.54) is 0 Å². The molecular formula is C26H27N3O3. The normalized spacial score (nSPS) is 19.3. The number of pyridine rings is 1. The molecule has 2 atom stereocenters. The number of primary amides is 1. The van der Waals surface area contributed by atoms with E-state index >= 15 is 0 Å². The highest BCUT2D eigenvalue weighted by Gasteiger charge is 2.43. The van der Waals surface area contributed by atoms with Crippen molar-refractivity contribution in [3.05, 3.63) is 90.3 Å². The molecule has 164 valence electrons. The van der Waals surface area contributed by atoms with E-state index in [1.807, 2.05) is 79.9 Å². The summed E-state index contributed by atoms with van der Waals surface area (Å²) in [6, 6.07) is 21.5. The van der Waals surface area contributed by atoms with E-state index in [-0.39, 0.29) is 18.6 Å². The molecule has 1 fully saturated rings. The minimum atomic E-state index is -0.840. The molecule has 2 unspecified atom stereocenters. The summed E-state index contributed by atoms with van der Waals surface area (Å²) in [4.78, 5) is 30.5. The minimum Gasteiger partial charge on any atom is -0.438 e. The summed E-state index contributed by atoms with van der Waals surface area (Å²) in [5, 5.41) is 0. The topological polar surface area (TPSA) is 85.5 Å². The van der Waals surface area contributed by atoms with Crippen LogP contribution in [0.1, 0.15) is 43.4 Å². The summed E-state index contributed by atoms with van der Waals surface area (Å²) >= 11 is 0. The van der Waals surface area contributed by atoms with Crippen LogP contribution in [0.4, 0.5) is 4.79 Å². The number of hydrogen-bond donors (Lipinski definition) is 1. The first-order valence-corrected chi connectivity index (χ1v) is 10.8. The molecule has 4 rings (SSSR count). The number of ether oxygens (including phenoxy) is 1. The van der Waals surface area contributed by atoms with Crippen molar-refractivity contribution in [2.75, 3.05) is 6.54 Å². The SMILES string of the molecule is CC(c1ccc(-c2cccnc2)cc1)N1CCC(CCC(N)=O)(c2ccccc2)OC1=O. The Labute approximate surface area is 188 Å². The Morgan fingerprint density at radius 2 is 1.84 bits per heavy atom. The standard InChI is InChI=1S/C26H27N3O3/c1-19(20-9-11-21(12-10-20)22-6-5-16-28-18-22)29-17-15-26(32-25(29)31,14-13-24(27)30)23-7-3-2-4-8-23/h2-12,16,18-19H,13-15,17H2,1H3,(H2,27,30). The highest BCUT2D eigenvalue weighted by atomic mass is 16.6. The first-order chi connectivity index (χ1) is 15.5. The zero-order chi connectivity index (χ0) is 22.6. The molecular weight excluding hydrogens is 402 g/mol. The van der Waals surface area contributed by atoms with Crippen LogP contribution in [-0.4, -0.2) is 28.4 Å². The van der Waals surface area contributed by atoms with Crippen molar-refractivity contribution in [3.63, 3.8) is 0 Å². The molecule has 1 aromatic heterocycles. The zero-order valence-corrected chi connectivity index (χ0v) is 18.1. The molecule has 0 spiro atoms. The van der Waals surface area contributed by atoms with Crippen molar-refractivity contribution >= 4 is 12.0 Å². The first-order valence-electron chi connectivity index (χ1n) is 10.8. The lowest BCUT2D eigenvalue weighted by Crippen LogP contribution is -2.49. The second kappa shape index (κ2) is 9.22. The molecule has 2 aromatic carbocycles. The molecule has 3 aromatic rings. The summed E-state index contributed by atoms with van der Waals surface area (Å²) < 4.78 is 6.03. The van der Waals surface area contributed by atoms with Crippen molar-refractivity contribution in [1.82, 2.24) is 9.88 Å². The van der Waals surface area contributed by atoms with E-state index in [0.717, 1.165) is 22.3 Å². The van der Waals surface area contributed by atoms with E-state index in [0.29, 0.717) is 19.4 Å². The Bertz CT molecular complexity index is 1070. The molecule has 2 N–H and O–H groups in total. The fourth-order valence-electron chi connectivity index (χ4n) is 4.28. The molecule has 1 aliphatic heterocycles. The van der Waals surface area contributed by atoms with Crippen LogP contribution in [0, 0.1) is 0 Å². The van der Waals surface area contributed by atoms with Crippen molar-refractivity contribution in [2.45, 2.75) is 37.8 Å². The van der Waals surface area contributed by atoms with Crippen LogP contribution in [0.15, 0.2) is 79.1 Å². The van der Waals surface area contributed by atoms with Crippen molar-refractivity contribution in [1.29, 1.82) is 0 Å². The number of aromatic nitrogens is 1. The average Bonchev–Trinajstić information content (AvgIpc) is 2.83. The lowest BCUT2D eigenvalue weighted by molar-refractivity contribution is -0.121. The van der Waals surface area contributed by atoms with Gasteiger partial charge in [-0.05, 0) is 35.2 Å². The van der Waals surface area contributed by atoms with Gasteiger partial charge in [-0.15, -0.1) is 0 Å². The Morgan fingerprint density at radius 1 is 1.09 bits per heavy atom. The Kier molecular flexibility index (Phi) is 6.21. The molecule has 1 saturated heterocycles. The number of hydrogen-bond acceptors (Lipinski definition) is 4. The summed E-state index contributed by atoms with van der Waals surface area (Å²) in [5.41, 5.74) is 8.59. The van der Waals surface area contributed by atoms with Gasteiger partial charge in [0.05, 0.1) is 6.04 Å². The smallest absolute Gasteiger partial charge is 0.411 e. The van der Waals surface area contributed by atoms with E-state index in [1.54, 1.807) is 11.1 Å². The maximum absolute atomic E-state index is 13.1. The van der Waals surface area contributed by atoms with Crippen LogP contribution in [0.2, 0.25) is 0 Å². The predicted molar refractivity (Wildman–Crippen MR) is 122 cm³/mol. The van der Waals surface area contributed by atoms with Gasteiger partial charge >= 0.3 is 6.09 Å². The van der Waals surface area contributed by atoms with Gasteiger partial charge in [-0.25, -0.2) is 4.79 Å². The van der Waals surface area contributed by atoms with E-state index < -0.39 is 11.5 Å². The van der Waals surface area contributed by atoms with Gasteiger partial charge in [-0.2, -0.15) is 0 Å². The molecule has 0 saturated carbocycles. The molecule has 0 radical (unpaired) electrons. The van der Waals surface area contributed by atoms with Crippen molar-refractivity contribution in [3.8, 4) is 11.1 Å². The number of nitrogens with zero attached hydrogens (tertiary/aromatic N) is 2. The first kappa shape index (κ1) is 21.6. The van der Waals surface area contributed by atoms with Crippen molar-refractivity contribution in [2.24, 2.45) is 5.73 Å². The fraction of sp³-hybridized carbons (Fsp3) is 0.269. The van der Waals surface area contributed by atoms with Gasteiger partial charge in [0.15, 0.2) is 0 Å². The van der Waals surface area contributed by atoms with Gasteiger partial charge in [0, 0.05) is 38.2 Å². The molecule has 2 heterocycles. The monoisotopic (exact) mass is 429 g/mol. The maximum atomic E-state index is 13.1. The lowest BCUT2D eigenvalue weighted by Gasteiger charge is -2.43. The van der Waals surface area contributed by atoms with E-state index in [4.69, 9.17) is 10.5 Å². The quantitative estimate of drug-likeness (QED) is 0.584. The number of nitrogens with two attached hydrogens (primary N) is 1. The highest BCUT2D eigenvalue weighted by Crippen LogP contribution is 2.40. The molecule has 6 nitrogen and oxygen atoms in total. The van der Waals surface area contributed by atoms with Crippen LogP contribution in [0.5, 0.6) is 0 Å². The number of cyclic esters (lactones) is 1. The van der Waals surface area contributed by atoms with Gasteiger partial charge in [-0.1, -0.05) is 60.7 Å². The number of carbonyl (C=O) groups is 2. The molecule has 32 heavy (non-hydrogen) atoms. The van der Waals surface area contributed by atoms with Crippen LogP contribution >= 0.6 is 0 Å². The number of carbonyl (C=O) groups excluding carboxylic acids is 2. The molecule has 1 aliphatic rings. The average molecular weight is 430 g/mol. The molecule has 0 aliphatic carbocycles. The third-order valence-corrected chi connectivity index (χ3v) is 6.20. The van der Waals surface area contributed by atoms with Crippen LogP contribution in [0.3, 0.4) is 0 Å². The van der Waals surface area contributed by atoms with Crippen LogP contribution in [-0.2, 0) is 15.1 Å². The molecule has 2 amide bonds. The van der Waals surface area contributed by atoms with Gasteiger partial charge in [0.1, 0.15) is 5.60 Å². The Morgan fingerprint density at radius 3 is 2.47 bits per heavy atom. The summed E-state index contributed by atoms with van der Waals surface area (Å²) in [5.74, 6) is -0.402. The number of rotatable bonds is 7. The Hall–Kier alpha value is -3.67. The molecule has 6 heteroatoms. The third-order valence-electron chi connectivity index (χ3n) is 6.20. The van der Waals surface area contributed by atoms with Gasteiger partial charge in [0.25, 0.3) is 0 Å². The predicted octanol–water partition coefficient (Wildman–Crippen LogP) is 4.81. The fourth-order valence-corrected chi connectivity index (χ4v) is 4.28. The second-order valence-electron chi connectivity index (χ2n) is 8.18. The highest BCUT2D eigenvalue weighted by molar-refractivity contribution is 5.74.